The van der Waals surface area contributed by atoms with Crippen molar-refractivity contribution in [1.82, 2.24) is 4.90 Å². The van der Waals surface area contributed by atoms with Crippen LogP contribution in [0.3, 0.4) is 0 Å². The van der Waals surface area contributed by atoms with E-state index < -0.39 is 6.09 Å². The fourth-order valence-corrected chi connectivity index (χ4v) is 1.50. The Balaban J connectivity index is 2.68. The Morgan fingerprint density at radius 3 is 2.90 bits per heavy atom. The van der Waals surface area contributed by atoms with Gasteiger partial charge >= 0.3 is 6.09 Å². The lowest BCUT2D eigenvalue weighted by atomic mass is 10.3. The first-order valence-corrected chi connectivity index (χ1v) is 3.97. The van der Waals surface area contributed by atoms with E-state index in [1.807, 2.05) is 0 Å². The van der Waals surface area contributed by atoms with Gasteiger partial charge in [0.1, 0.15) is 0 Å². The van der Waals surface area contributed by atoms with Gasteiger partial charge in [-0.2, -0.15) is 0 Å². The molecule has 0 atom stereocenters. The zero-order valence-corrected chi connectivity index (χ0v) is 6.97. The Kier molecular flexibility index (Phi) is 2.32. The van der Waals surface area contributed by atoms with Crippen molar-refractivity contribution in [2.45, 2.75) is 12.8 Å². The summed E-state index contributed by atoms with van der Waals surface area (Å²) >= 11 is 3.12. The second kappa shape index (κ2) is 3.05. The van der Waals surface area contributed by atoms with Gasteiger partial charge in [-0.05, 0) is 12.8 Å². The lowest BCUT2D eigenvalue weighted by Crippen LogP contribution is -2.23. The summed E-state index contributed by atoms with van der Waals surface area (Å²) in [6, 6.07) is 0. The summed E-state index contributed by atoms with van der Waals surface area (Å²) in [5.74, 6) is 0. The molecule has 0 bridgehead atoms. The second-order valence-corrected chi connectivity index (χ2v) is 2.60. The summed E-state index contributed by atoms with van der Waals surface area (Å²) in [7, 11) is 0. The fraction of sp³-hybridized carbons (Fsp3) is 0.500. The third-order valence-corrected chi connectivity index (χ3v) is 2.05. The summed E-state index contributed by atoms with van der Waals surface area (Å²) in [6.45, 7) is 0.632. The SMILES string of the molecule is O=C(O)N1CCCC1=CBr. The van der Waals surface area contributed by atoms with Crippen LogP contribution in [-0.4, -0.2) is 22.6 Å². The number of carboxylic acid groups (broad SMARTS) is 1. The molecule has 1 saturated heterocycles. The van der Waals surface area contributed by atoms with Gasteiger partial charge in [-0.1, -0.05) is 15.9 Å². The highest BCUT2D eigenvalue weighted by molar-refractivity contribution is 9.11. The van der Waals surface area contributed by atoms with Gasteiger partial charge in [0.2, 0.25) is 0 Å². The van der Waals surface area contributed by atoms with E-state index in [4.69, 9.17) is 5.11 Å². The number of halogens is 1. The molecule has 1 fully saturated rings. The van der Waals surface area contributed by atoms with Gasteiger partial charge in [-0.3, -0.25) is 4.90 Å². The standard InChI is InChI=1S/C6H8BrNO2/c7-4-5-2-1-3-8(5)6(9)10/h4H,1-3H2,(H,9,10). The molecule has 1 N–H and O–H groups in total. The molecule has 0 saturated carbocycles. The van der Waals surface area contributed by atoms with Crippen molar-refractivity contribution in [3.63, 3.8) is 0 Å². The lowest BCUT2D eigenvalue weighted by Gasteiger charge is -2.11. The summed E-state index contributed by atoms with van der Waals surface area (Å²) in [5, 5.41) is 8.58. The number of rotatable bonds is 0. The summed E-state index contributed by atoms with van der Waals surface area (Å²) in [6.07, 6.45) is 0.935. The normalized spacial score (nSPS) is 22.1. The largest absolute Gasteiger partial charge is 0.465 e. The van der Waals surface area contributed by atoms with Crippen molar-refractivity contribution in [2.75, 3.05) is 6.54 Å². The van der Waals surface area contributed by atoms with Crippen LogP contribution in [0.1, 0.15) is 12.8 Å². The van der Waals surface area contributed by atoms with Crippen LogP contribution in [-0.2, 0) is 0 Å². The average Bonchev–Trinajstić information content (AvgIpc) is 2.33. The van der Waals surface area contributed by atoms with Gasteiger partial charge < -0.3 is 5.11 Å². The topological polar surface area (TPSA) is 40.5 Å². The molecule has 3 nitrogen and oxygen atoms in total. The van der Waals surface area contributed by atoms with Crippen molar-refractivity contribution in [1.29, 1.82) is 0 Å². The minimum absolute atomic E-state index is 0.632. The highest BCUT2D eigenvalue weighted by Crippen LogP contribution is 2.21. The second-order valence-electron chi connectivity index (χ2n) is 2.14. The maximum atomic E-state index is 10.4. The molecular formula is C6H8BrNO2. The molecule has 1 aliphatic rings. The molecule has 0 spiro atoms. The first-order chi connectivity index (χ1) is 4.75. The fourth-order valence-electron chi connectivity index (χ4n) is 1.03. The number of carbonyl (C=O) groups is 1. The molecule has 0 aliphatic carbocycles. The van der Waals surface area contributed by atoms with Crippen molar-refractivity contribution in [2.24, 2.45) is 0 Å². The molecule has 10 heavy (non-hydrogen) atoms. The van der Waals surface area contributed by atoms with Crippen LogP contribution in [0.5, 0.6) is 0 Å². The van der Waals surface area contributed by atoms with E-state index in [0.29, 0.717) is 6.54 Å². The molecule has 0 aromatic heterocycles. The highest BCUT2D eigenvalue weighted by Gasteiger charge is 2.21. The summed E-state index contributed by atoms with van der Waals surface area (Å²) in [5.41, 5.74) is 0.854. The minimum Gasteiger partial charge on any atom is -0.465 e. The number of hydrogen-bond acceptors (Lipinski definition) is 1. The van der Waals surface area contributed by atoms with Gasteiger partial charge in [0, 0.05) is 17.2 Å². The van der Waals surface area contributed by atoms with Crippen LogP contribution >= 0.6 is 15.9 Å². The summed E-state index contributed by atoms with van der Waals surface area (Å²) in [4.78, 5) is 13.5. The molecule has 1 aliphatic heterocycles. The van der Waals surface area contributed by atoms with Crippen molar-refractivity contribution in [3.8, 4) is 0 Å². The molecule has 0 aromatic rings. The predicted octanol–water partition coefficient (Wildman–Crippen LogP) is 2.00. The smallest absolute Gasteiger partial charge is 0.411 e. The van der Waals surface area contributed by atoms with Crippen molar-refractivity contribution < 1.29 is 9.90 Å². The first kappa shape index (κ1) is 7.60. The number of amides is 1. The molecular weight excluding hydrogens is 198 g/mol. The molecule has 0 radical (unpaired) electrons. The molecule has 56 valence electrons. The van der Waals surface area contributed by atoms with Crippen LogP contribution in [0.4, 0.5) is 4.79 Å². The third-order valence-electron chi connectivity index (χ3n) is 1.52. The van der Waals surface area contributed by atoms with Gasteiger partial charge in [0.15, 0.2) is 0 Å². The molecule has 1 heterocycles. The first-order valence-electron chi connectivity index (χ1n) is 3.05. The van der Waals surface area contributed by atoms with E-state index in [1.165, 1.54) is 4.90 Å². The number of nitrogens with zero attached hydrogens (tertiary/aromatic N) is 1. The van der Waals surface area contributed by atoms with Crippen molar-refractivity contribution in [3.05, 3.63) is 10.7 Å². The zero-order valence-electron chi connectivity index (χ0n) is 5.38. The van der Waals surface area contributed by atoms with E-state index in [0.717, 1.165) is 18.5 Å². The van der Waals surface area contributed by atoms with E-state index in [-0.39, 0.29) is 0 Å². The van der Waals surface area contributed by atoms with Crippen LogP contribution in [0.2, 0.25) is 0 Å². The maximum absolute atomic E-state index is 10.4. The lowest BCUT2D eigenvalue weighted by molar-refractivity contribution is 0.164. The van der Waals surface area contributed by atoms with Crippen LogP contribution in [0, 0.1) is 0 Å². The van der Waals surface area contributed by atoms with Gasteiger partial charge in [0.05, 0.1) is 0 Å². The Morgan fingerprint density at radius 1 is 1.80 bits per heavy atom. The van der Waals surface area contributed by atoms with E-state index >= 15 is 0 Å². The Hall–Kier alpha value is -0.510. The quantitative estimate of drug-likeness (QED) is 0.658. The van der Waals surface area contributed by atoms with Gasteiger partial charge in [-0.15, -0.1) is 0 Å². The van der Waals surface area contributed by atoms with Crippen LogP contribution in [0.25, 0.3) is 0 Å². The van der Waals surface area contributed by atoms with E-state index in [1.54, 1.807) is 4.99 Å². The zero-order chi connectivity index (χ0) is 7.56. The molecule has 1 rings (SSSR count). The number of likely N-dealkylation sites (tertiary alicyclic amines) is 1. The number of allylic oxidation sites excluding steroid dienone is 1. The van der Waals surface area contributed by atoms with Crippen LogP contribution < -0.4 is 0 Å². The predicted molar refractivity (Wildman–Crippen MR) is 41.0 cm³/mol. The Labute approximate surface area is 67.5 Å². The third kappa shape index (κ3) is 1.31. The average molecular weight is 206 g/mol. The minimum atomic E-state index is -0.858. The molecule has 0 unspecified atom stereocenters. The molecule has 0 aromatic carbocycles. The maximum Gasteiger partial charge on any atom is 0.411 e. The Bertz CT molecular complexity index is 179. The van der Waals surface area contributed by atoms with E-state index in [9.17, 15) is 4.79 Å². The van der Waals surface area contributed by atoms with Crippen molar-refractivity contribution >= 4 is 22.0 Å². The highest BCUT2D eigenvalue weighted by atomic mass is 79.9. The Morgan fingerprint density at radius 2 is 2.50 bits per heavy atom. The summed E-state index contributed by atoms with van der Waals surface area (Å²) < 4.78 is 0. The number of hydrogen-bond donors (Lipinski definition) is 1. The van der Waals surface area contributed by atoms with E-state index in [2.05, 4.69) is 15.9 Å². The van der Waals surface area contributed by atoms with Crippen LogP contribution in [0.15, 0.2) is 10.7 Å². The monoisotopic (exact) mass is 205 g/mol. The molecule has 4 heteroatoms. The van der Waals surface area contributed by atoms with Gasteiger partial charge in [0.25, 0.3) is 0 Å². The molecule has 1 amide bonds. The van der Waals surface area contributed by atoms with Gasteiger partial charge in [-0.25, -0.2) is 4.79 Å².